The lowest BCUT2D eigenvalue weighted by atomic mass is 10.2. The number of pyridine rings is 1. The van der Waals surface area contributed by atoms with Gasteiger partial charge >= 0.3 is 6.18 Å². The van der Waals surface area contributed by atoms with Crippen molar-refractivity contribution in [3.05, 3.63) is 53.2 Å². The molecule has 0 unspecified atom stereocenters. The van der Waals surface area contributed by atoms with Crippen molar-refractivity contribution >= 4 is 0 Å². The fraction of sp³-hybridized carbons (Fsp3) is 0.143. The van der Waals surface area contributed by atoms with E-state index in [4.69, 9.17) is 10.00 Å². The highest BCUT2D eigenvalue weighted by molar-refractivity contribution is 5.45. The van der Waals surface area contributed by atoms with Crippen molar-refractivity contribution in [2.45, 2.75) is 13.1 Å². The normalized spacial score (nSPS) is 10.9. The number of aromatic nitrogens is 1. The van der Waals surface area contributed by atoms with Crippen LogP contribution in [0.1, 0.15) is 16.7 Å². The summed E-state index contributed by atoms with van der Waals surface area (Å²) in [5, 5.41) is 9.01. The van der Waals surface area contributed by atoms with E-state index >= 15 is 0 Å². The highest BCUT2D eigenvalue weighted by Crippen LogP contribution is 2.31. The number of halogens is 3. The molecule has 0 radical (unpaired) electrons. The molecule has 0 atom stereocenters. The van der Waals surface area contributed by atoms with Crippen molar-refractivity contribution in [2.75, 3.05) is 0 Å². The monoisotopic (exact) mass is 278 g/mol. The Morgan fingerprint density at radius 1 is 1.15 bits per heavy atom. The van der Waals surface area contributed by atoms with Crippen molar-refractivity contribution in [1.29, 1.82) is 5.26 Å². The first kappa shape index (κ1) is 13.9. The van der Waals surface area contributed by atoms with Crippen molar-refractivity contribution in [1.82, 2.24) is 4.98 Å². The maximum atomic E-state index is 12.4. The molecular formula is C14H9F3N2O. The summed E-state index contributed by atoms with van der Waals surface area (Å²) in [7, 11) is 0. The van der Waals surface area contributed by atoms with E-state index in [1.54, 1.807) is 13.0 Å². The number of nitrogens with zero attached hydrogens (tertiary/aromatic N) is 2. The van der Waals surface area contributed by atoms with Gasteiger partial charge in [-0.2, -0.15) is 18.4 Å². The fourth-order valence-corrected chi connectivity index (χ4v) is 1.57. The molecule has 0 aliphatic rings. The van der Waals surface area contributed by atoms with Crippen LogP contribution in [0.2, 0.25) is 0 Å². The predicted molar refractivity (Wildman–Crippen MR) is 65.2 cm³/mol. The summed E-state index contributed by atoms with van der Waals surface area (Å²) < 4.78 is 42.6. The van der Waals surface area contributed by atoms with Gasteiger partial charge in [-0.3, -0.25) is 0 Å². The smallest absolute Gasteiger partial charge is 0.416 e. The first-order valence-corrected chi connectivity index (χ1v) is 5.62. The van der Waals surface area contributed by atoms with Gasteiger partial charge in [0.15, 0.2) is 0 Å². The molecule has 0 N–H and O–H groups in total. The molecule has 0 saturated carbocycles. The largest absolute Gasteiger partial charge is 0.438 e. The van der Waals surface area contributed by atoms with Gasteiger partial charge in [0, 0.05) is 6.20 Å². The lowest BCUT2D eigenvalue weighted by Gasteiger charge is -2.09. The number of nitriles is 1. The van der Waals surface area contributed by atoms with E-state index in [1.165, 1.54) is 18.3 Å². The van der Waals surface area contributed by atoms with Crippen molar-refractivity contribution in [2.24, 2.45) is 0 Å². The standard InChI is InChI=1S/C14H9F3N2O/c1-9-6-7-19-13(12(9)8-18)20-11-4-2-10(3-5-11)14(15,16)17/h2-7H,1H3. The zero-order valence-corrected chi connectivity index (χ0v) is 10.4. The molecule has 0 bridgehead atoms. The van der Waals surface area contributed by atoms with Gasteiger partial charge in [-0.25, -0.2) is 4.98 Å². The van der Waals surface area contributed by atoms with E-state index in [2.05, 4.69) is 4.98 Å². The third-order valence-corrected chi connectivity index (χ3v) is 2.63. The number of aryl methyl sites for hydroxylation is 1. The van der Waals surface area contributed by atoms with E-state index in [9.17, 15) is 13.2 Å². The summed E-state index contributed by atoms with van der Waals surface area (Å²) >= 11 is 0. The lowest BCUT2D eigenvalue weighted by molar-refractivity contribution is -0.137. The van der Waals surface area contributed by atoms with Crippen LogP contribution < -0.4 is 4.74 Å². The number of hydrogen-bond donors (Lipinski definition) is 0. The summed E-state index contributed by atoms with van der Waals surface area (Å²) in [6, 6.07) is 7.81. The summed E-state index contributed by atoms with van der Waals surface area (Å²) in [6.07, 6.45) is -2.92. The minimum atomic E-state index is -4.39. The zero-order valence-electron chi connectivity index (χ0n) is 10.4. The van der Waals surface area contributed by atoms with Crippen molar-refractivity contribution in [3.63, 3.8) is 0 Å². The first-order chi connectivity index (χ1) is 9.41. The molecule has 0 saturated heterocycles. The number of rotatable bonds is 2. The minimum Gasteiger partial charge on any atom is -0.438 e. The number of hydrogen-bond acceptors (Lipinski definition) is 3. The molecule has 6 heteroatoms. The highest BCUT2D eigenvalue weighted by atomic mass is 19.4. The zero-order chi connectivity index (χ0) is 14.8. The Bertz CT molecular complexity index is 658. The Labute approximate surface area is 113 Å². The van der Waals surface area contributed by atoms with Crippen molar-refractivity contribution in [3.8, 4) is 17.7 Å². The molecule has 3 nitrogen and oxygen atoms in total. The lowest BCUT2D eigenvalue weighted by Crippen LogP contribution is -2.04. The second kappa shape index (κ2) is 5.21. The van der Waals surface area contributed by atoms with Gasteiger partial charge in [0.2, 0.25) is 5.88 Å². The summed E-state index contributed by atoms with van der Waals surface area (Å²) in [6.45, 7) is 1.72. The minimum absolute atomic E-state index is 0.0762. The van der Waals surface area contributed by atoms with Crippen LogP contribution in [0, 0.1) is 18.3 Å². The second-order valence-corrected chi connectivity index (χ2v) is 4.04. The highest BCUT2D eigenvalue weighted by Gasteiger charge is 2.30. The van der Waals surface area contributed by atoms with E-state index in [0.29, 0.717) is 5.56 Å². The van der Waals surface area contributed by atoms with Gasteiger partial charge in [0.05, 0.1) is 5.56 Å². The molecule has 20 heavy (non-hydrogen) atoms. The maximum Gasteiger partial charge on any atom is 0.416 e. The molecule has 1 aromatic heterocycles. The summed E-state index contributed by atoms with van der Waals surface area (Å²) in [5.74, 6) is 0.264. The molecule has 2 aromatic rings. The molecule has 0 spiro atoms. The molecule has 1 aromatic carbocycles. The Kier molecular flexibility index (Phi) is 3.61. The average molecular weight is 278 g/mol. The Morgan fingerprint density at radius 3 is 2.35 bits per heavy atom. The molecule has 0 fully saturated rings. The Morgan fingerprint density at radius 2 is 1.80 bits per heavy atom. The predicted octanol–water partition coefficient (Wildman–Crippen LogP) is 4.07. The third kappa shape index (κ3) is 2.88. The van der Waals surface area contributed by atoms with Crippen LogP contribution in [-0.2, 0) is 6.18 Å². The summed E-state index contributed by atoms with van der Waals surface area (Å²) in [4.78, 5) is 3.91. The van der Waals surface area contributed by atoms with Crippen LogP contribution in [0.3, 0.4) is 0 Å². The number of benzene rings is 1. The first-order valence-electron chi connectivity index (χ1n) is 5.62. The molecule has 102 valence electrons. The van der Waals surface area contributed by atoms with Crippen LogP contribution >= 0.6 is 0 Å². The average Bonchev–Trinajstić information content (AvgIpc) is 2.38. The maximum absolute atomic E-state index is 12.4. The van der Waals surface area contributed by atoms with E-state index in [-0.39, 0.29) is 17.2 Å². The SMILES string of the molecule is Cc1ccnc(Oc2ccc(C(F)(F)F)cc2)c1C#N. The number of ether oxygens (including phenoxy) is 1. The summed E-state index contributed by atoms with van der Waals surface area (Å²) in [5.41, 5.74) is 0.180. The van der Waals surface area contributed by atoms with Gasteiger partial charge in [-0.1, -0.05) is 0 Å². The van der Waals surface area contributed by atoms with Gasteiger partial charge in [-0.05, 0) is 42.8 Å². The van der Waals surface area contributed by atoms with E-state index in [0.717, 1.165) is 12.1 Å². The van der Waals surface area contributed by atoms with Crippen LogP contribution in [0.15, 0.2) is 36.5 Å². The topological polar surface area (TPSA) is 45.9 Å². The van der Waals surface area contributed by atoms with Crippen LogP contribution in [0.4, 0.5) is 13.2 Å². The number of alkyl halides is 3. The molecule has 2 rings (SSSR count). The van der Waals surface area contributed by atoms with Crippen LogP contribution in [0.5, 0.6) is 11.6 Å². The van der Waals surface area contributed by atoms with Crippen LogP contribution in [0.25, 0.3) is 0 Å². The third-order valence-electron chi connectivity index (χ3n) is 2.63. The van der Waals surface area contributed by atoms with Gasteiger partial charge in [0.25, 0.3) is 0 Å². The van der Waals surface area contributed by atoms with Gasteiger partial charge < -0.3 is 4.74 Å². The van der Waals surface area contributed by atoms with Gasteiger partial charge in [0.1, 0.15) is 17.4 Å². The molecule has 0 amide bonds. The van der Waals surface area contributed by atoms with Gasteiger partial charge in [-0.15, -0.1) is 0 Å². The fourth-order valence-electron chi connectivity index (χ4n) is 1.57. The molecule has 0 aliphatic carbocycles. The van der Waals surface area contributed by atoms with E-state index in [1.807, 2.05) is 6.07 Å². The van der Waals surface area contributed by atoms with Crippen LogP contribution in [-0.4, -0.2) is 4.98 Å². The molecular weight excluding hydrogens is 269 g/mol. The molecule has 0 aliphatic heterocycles. The molecule has 1 heterocycles. The quantitative estimate of drug-likeness (QED) is 0.831. The Hall–Kier alpha value is -2.55. The van der Waals surface area contributed by atoms with Crippen molar-refractivity contribution < 1.29 is 17.9 Å². The van der Waals surface area contributed by atoms with E-state index < -0.39 is 11.7 Å². The second-order valence-electron chi connectivity index (χ2n) is 4.04. The Balaban J connectivity index is 2.28.